The monoisotopic (exact) mass is 330 g/mol. The maximum absolute atomic E-state index is 13.9. The molecule has 0 fully saturated rings. The van der Waals surface area contributed by atoms with Crippen molar-refractivity contribution >= 4 is 11.6 Å². The highest BCUT2D eigenvalue weighted by Gasteiger charge is 2.38. The minimum Gasteiger partial charge on any atom is -0.359 e. The van der Waals surface area contributed by atoms with E-state index in [1.807, 2.05) is 0 Å². The Bertz CT molecular complexity index is 798. The number of benzene rings is 2. The van der Waals surface area contributed by atoms with Crippen molar-refractivity contribution in [1.82, 2.24) is 5.06 Å². The van der Waals surface area contributed by atoms with E-state index in [0.29, 0.717) is 0 Å². The minimum absolute atomic E-state index is 0.0184. The molecule has 0 radical (unpaired) electrons. The Morgan fingerprint density at radius 2 is 1.43 bits per heavy atom. The fraction of sp³-hybridized carbons (Fsp3) is 0.0714. The molecule has 0 aliphatic carbocycles. The Morgan fingerprint density at radius 3 is 2.04 bits per heavy atom. The first-order chi connectivity index (χ1) is 10.8. The zero-order valence-corrected chi connectivity index (χ0v) is 11.1. The molecule has 1 amide bonds. The van der Waals surface area contributed by atoms with E-state index in [2.05, 4.69) is 5.32 Å². The number of nitrogens with zero attached hydrogens (tertiary/aromatic N) is 1. The van der Waals surface area contributed by atoms with E-state index in [-0.39, 0.29) is 16.3 Å². The first-order valence-corrected chi connectivity index (χ1v) is 6.24. The predicted molar refractivity (Wildman–Crippen MR) is 67.0 cm³/mol. The summed E-state index contributed by atoms with van der Waals surface area (Å²) in [6, 6.07) is 5.65. The second-order valence-corrected chi connectivity index (χ2v) is 4.73. The van der Waals surface area contributed by atoms with E-state index in [1.54, 1.807) is 0 Å². The molecule has 0 unspecified atom stereocenters. The van der Waals surface area contributed by atoms with Crippen LogP contribution in [-0.4, -0.2) is 16.2 Å². The van der Waals surface area contributed by atoms with Crippen molar-refractivity contribution in [1.29, 1.82) is 0 Å². The van der Waals surface area contributed by atoms with Gasteiger partial charge in [-0.3, -0.25) is 10.0 Å². The van der Waals surface area contributed by atoms with Crippen LogP contribution in [0.1, 0.15) is 22.1 Å². The predicted octanol–water partition coefficient (Wildman–Crippen LogP) is 3.34. The number of fused-ring (bicyclic) bond motifs is 1. The molecule has 120 valence electrons. The van der Waals surface area contributed by atoms with Crippen LogP contribution in [0.25, 0.3) is 0 Å². The molecule has 23 heavy (non-hydrogen) atoms. The van der Waals surface area contributed by atoms with Crippen LogP contribution in [0.4, 0.5) is 27.6 Å². The number of amides is 1. The first kappa shape index (κ1) is 15.2. The Morgan fingerprint density at radius 1 is 0.913 bits per heavy atom. The zero-order chi connectivity index (χ0) is 16.9. The molecule has 0 saturated heterocycles. The van der Waals surface area contributed by atoms with Crippen LogP contribution >= 0.6 is 0 Å². The van der Waals surface area contributed by atoms with Gasteiger partial charge < -0.3 is 5.32 Å². The Hall–Kier alpha value is -2.68. The Labute approximate surface area is 125 Å². The molecular weight excluding hydrogens is 323 g/mol. The topological polar surface area (TPSA) is 52.6 Å². The standard InChI is InChI=1S/C14H7F5N2O2/c15-8-7(9(16)11(18)12(19)10(8)17)13-20-6-4-2-1-3-5(6)14(22)21(13)23/h1-4,13,20,23H/t13-/m1/s1. The lowest BCUT2D eigenvalue weighted by Gasteiger charge is -2.33. The molecule has 3 rings (SSSR count). The summed E-state index contributed by atoms with van der Waals surface area (Å²) in [6.07, 6.45) is -1.97. The van der Waals surface area contributed by atoms with Gasteiger partial charge in [0.25, 0.3) is 5.91 Å². The number of hydrogen-bond acceptors (Lipinski definition) is 3. The van der Waals surface area contributed by atoms with E-state index in [9.17, 15) is 32.0 Å². The molecule has 1 heterocycles. The van der Waals surface area contributed by atoms with E-state index >= 15 is 0 Å². The molecular formula is C14H7F5N2O2. The lowest BCUT2D eigenvalue weighted by atomic mass is 10.0. The Kier molecular flexibility index (Phi) is 3.44. The number of halogens is 5. The van der Waals surface area contributed by atoms with Crippen LogP contribution < -0.4 is 5.32 Å². The second-order valence-electron chi connectivity index (χ2n) is 4.73. The van der Waals surface area contributed by atoms with Gasteiger partial charge in [0.05, 0.1) is 11.1 Å². The van der Waals surface area contributed by atoms with Gasteiger partial charge >= 0.3 is 0 Å². The summed E-state index contributed by atoms with van der Waals surface area (Å²) in [6.45, 7) is 0. The van der Waals surface area contributed by atoms with Gasteiger partial charge in [0.15, 0.2) is 29.4 Å². The van der Waals surface area contributed by atoms with Crippen LogP contribution in [0.3, 0.4) is 0 Å². The summed E-state index contributed by atoms with van der Waals surface area (Å²) in [5, 5.41) is 12.0. The van der Waals surface area contributed by atoms with Crippen LogP contribution in [0.2, 0.25) is 0 Å². The van der Waals surface area contributed by atoms with Crippen molar-refractivity contribution in [3.05, 3.63) is 64.5 Å². The lowest BCUT2D eigenvalue weighted by molar-refractivity contribution is -0.0868. The van der Waals surface area contributed by atoms with Crippen molar-refractivity contribution in [3.63, 3.8) is 0 Å². The number of anilines is 1. The lowest BCUT2D eigenvalue weighted by Crippen LogP contribution is -2.41. The maximum Gasteiger partial charge on any atom is 0.281 e. The van der Waals surface area contributed by atoms with Gasteiger partial charge in [-0.25, -0.2) is 22.0 Å². The van der Waals surface area contributed by atoms with Gasteiger partial charge in [0.1, 0.15) is 0 Å². The highest BCUT2D eigenvalue weighted by Crippen LogP contribution is 2.36. The maximum atomic E-state index is 13.9. The van der Waals surface area contributed by atoms with E-state index < -0.39 is 46.7 Å². The molecule has 2 aromatic rings. The minimum atomic E-state index is -2.32. The highest BCUT2D eigenvalue weighted by atomic mass is 19.2. The molecule has 0 saturated carbocycles. The highest BCUT2D eigenvalue weighted by molar-refractivity contribution is 6.01. The van der Waals surface area contributed by atoms with Gasteiger partial charge in [-0.05, 0) is 12.1 Å². The molecule has 0 spiro atoms. The summed E-state index contributed by atoms with van der Waals surface area (Å²) in [5.41, 5.74) is -1.29. The van der Waals surface area contributed by atoms with Crippen molar-refractivity contribution in [2.75, 3.05) is 5.32 Å². The van der Waals surface area contributed by atoms with E-state index in [4.69, 9.17) is 0 Å². The molecule has 1 aliphatic heterocycles. The van der Waals surface area contributed by atoms with Gasteiger partial charge in [0, 0.05) is 5.69 Å². The number of para-hydroxylation sites is 1. The molecule has 1 aliphatic rings. The number of hydrogen-bond donors (Lipinski definition) is 2. The molecule has 2 aromatic carbocycles. The third kappa shape index (κ3) is 2.12. The van der Waals surface area contributed by atoms with Crippen LogP contribution in [0.15, 0.2) is 24.3 Å². The van der Waals surface area contributed by atoms with E-state index in [0.717, 1.165) is 0 Å². The average molecular weight is 330 g/mol. The summed E-state index contributed by atoms with van der Waals surface area (Å²) in [7, 11) is 0. The summed E-state index contributed by atoms with van der Waals surface area (Å²) >= 11 is 0. The fourth-order valence-electron chi connectivity index (χ4n) is 2.30. The number of carbonyl (C=O) groups is 1. The quantitative estimate of drug-likeness (QED) is 0.365. The third-order valence-electron chi connectivity index (χ3n) is 3.42. The number of carbonyl (C=O) groups excluding carboxylic acids is 1. The first-order valence-electron chi connectivity index (χ1n) is 6.24. The zero-order valence-electron chi connectivity index (χ0n) is 11.1. The summed E-state index contributed by atoms with van der Waals surface area (Å²) < 4.78 is 67.4. The molecule has 2 N–H and O–H groups in total. The van der Waals surface area contributed by atoms with Gasteiger partial charge in [0.2, 0.25) is 5.82 Å². The number of hydroxylamine groups is 2. The SMILES string of the molecule is O=C1c2ccccc2N[C@@H](c2c(F)c(F)c(F)c(F)c2F)N1O. The van der Waals surface area contributed by atoms with Crippen molar-refractivity contribution in [3.8, 4) is 0 Å². The van der Waals surface area contributed by atoms with Crippen molar-refractivity contribution in [2.24, 2.45) is 0 Å². The Balaban J connectivity index is 2.19. The number of rotatable bonds is 1. The molecule has 0 bridgehead atoms. The van der Waals surface area contributed by atoms with E-state index in [1.165, 1.54) is 24.3 Å². The number of nitrogens with one attached hydrogen (secondary N) is 1. The summed E-state index contributed by atoms with van der Waals surface area (Å²) in [5.74, 6) is -12.0. The molecule has 1 atom stereocenters. The second kappa shape index (κ2) is 5.20. The van der Waals surface area contributed by atoms with Crippen LogP contribution in [0.5, 0.6) is 0 Å². The van der Waals surface area contributed by atoms with Crippen LogP contribution in [0, 0.1) is 29.1 Å². The van der Waals surface area contributed by atoms with Crippen molar-refractivity contribution < 1.29 is 32.0 Å². The van der Waals surface area contributed by atoms with Crippen molar-refractivity contribution in [2.45, 2.75) is 6.17 Å². The molecule has 0 aromatic heterocycles. The molecule has 9 heteroatoms. The third-order valence-corrected chi connectivity index (χ3v) is 3.42. The normalized spacial score (nSPS) is 17.0. The molecule has 4 nitrogen and oxygen atoms in total. The fourth-order valence-corrected chi connectivity index (χ4v) is 2.30. The summed E-state index contributed by atoms with van der Waals surface area (Å²) in [4.78, 5) is 12.0. The smallest absolute Gasteiger partial charge is 0.281 e. The largest absolute Gasteiger partial charge is 0.359 e. The van der Waals surface area contributed by atoms with Gasteiger partial charge in [-0.15, -0.1) is 0 Å². The van der Waals surface area contributed by atoms with Gasteiger partial charge in [-0.2, -0.15) is 5.06 Å². The average Bonchev–Trinajstić information content (AvgIpc) is 2.55. The van der Waals surface area contributed by atoms with Crippen LogP contribution in [-0.2, 0) is 0 Å². The van der Waals surface area contributed by atoms with Gasteiger partial charge in [-0.1, -0.05) is 12.1 Å².